The Bertz CT molecular complexity index is 341. The third kappa shape index (κ3) is 2.13. The topological polar surface area (TPSA) is 63.4 Å². The maximum absolute atomic E-state index is 12.2. The van der Waals surface area contributed by atoms with Gasteiger partial charge < -0.3 is 5.73 Å². The normalized spacial score (nSPS) is 27.6. The Hall–Kier alpha value is -0.130. The molecule has 0 aromatic carbocycles. The fourth-order valence-electron chi connectivity index (χ4n) is 2.63. The van der Waals surface area contributed by atoms with Crippen LogP contribution in [0.1, 0.15) is 45.4 Å². The molecule has 0 aromatic rings. The highest BCUT2D eigenvalue weighted by Gasteiger charge is 2.46. The Balaban J connectivity index is 1.99. The van der Waals surface area contributed by atoms with Gasteiger partial charge in [-0.25, -0.2) is 8.42 Å². The number of hydrogen-bond acceptors (Lipinski definition) is 3. The van der Waals surface area contributed by atoms with Gasteiger partial charge in [0.15, 0.2) is 0 Å². The fourth-order valence-corrected chi connectivity index (χ4v) is 4.86. The van der Waals surface area contributed by atoms with Crippen LogP contribution in [0.4, 0.5) is 0 Å². The van der Waals surface area contributed by atoms with Crippen LogP contribution in [0, 0.1) is 0 Å². The van der Waals surface area contributed by atoms with Gasteiger partial charge in [0.1, 0.15) is 0 Å². The van der Waals surface area contributed by atoms with Gasteiger partial charge in [0.2, 0.25) is 10.0 Å². The van der Waals surface area contributed by atoms with Gasteiger partial charge in [0, 0.05) is 18.6 Å². The minimum absolute atomic E-state index is 0.136. The molecule has 0 amide bonds. The van der Waals surface area contributed by atoms with E-state index < -0.39 is 10.0 Å². The third-order valence-corrected chi connectivity index (χ3v) is 6.31. The number of rotatable bonds is 3. The van der Waals surface area contributed by atoms with Crippen molar-refractivity contribution in [2.45, 2.75) is 56.2 Å². The summed E-state index contributed by atoms with van der Waals surface area (Å²) in [4.78, 5) is 0. The van der Waals surface area contributed by atoms with Crippen molar-refractivity contribution >= 4 is 10.0 Å². The highest BCUT2D eigenvalue weighted by Crippen LogP contribution is 2.31. The Morgan fingerprint density at radius 2 is 1.81 bits per heavy atom. The summed E-state index contributed by atoms with van der Waals surface area (Å²) in [6, 6.07) is 0. The summed E-state index contributed by atoms with van der Waals surface area (Å²) in [5.74, 6) is 0. The lowest BCUT2D eigenvalue weighted by atomic mass is 9.91. The molecule has 1 saturated carbocycles. The van der Waals surface area contributed by atoms with Crippen molar-refractivity contribution < 1.29 is 8.42 Å². The van der Waals surface area contributed by atoms with Crippen molar-refractivity contribution in [1.29, 1.82) is 0 Å². The number of nitrogens with zero attached hydrogens (tertiary/aromatic N) is 1. The van der Waals surface area contributed by atoms with Crippen molar-refractivity contribution in [1.82, 2.24) is 4.31 Å². The molecule has 1 aliphatic carbocycles. The summed E-state index contributed by atoms with van der Waals surface area (Å²) in [7, 11) is -3.05. The molecule has 0 unspecified atom stereocenters. The minimum atomic E-state index is -3.05. The van der Waals surface area contributed by atoms with Gasteiger partial charge >= 0.3 is 0 Å². The Morgan fingerprint density at radius 3 is 2.31 bits per heavy atom. The van der Waals surface area contributed by atoms with E-state index in [2.05, 4.69) is 0 Å². The molecule has 1 aliphatic heterocycles. The molecular weight excluding hydrogens is 224 g/mol. The van der Waals surface area contributed by atoms with Gasteiger partial charge in [0.05, 0.1) is 5.25 Å². The van der Waals surface area contributed by atoms with Gasteiger partial charge in [-0.1, -0.05) is 26.2 Å². The summed E-state index contributed by atoms with van der Waals surface area (Å²) in [5.41, 5.74) is 5.75. The zero-order valence-electron chi connectivity index (χ0n) is 9.98. The van der Waals surface area contributed by atoms with E-state index in [1.165, 1.54) is 6.42 Å². The quantitative estimate of drug-likeness (QED) is 0.810. The molecule has 0 radical (unpaired) electrons. The molecule has 1 heterocycles. The van der Waals surface area contributed by atoms with E-state index in [9.17, 15) is 8.42 Å². The standard InChI is InChI=1S/C11H22N2O2S/c1-2-11(12)8-13(9-11)16(14,15)10-6-4-3-5-7-10/h10H,2-9,12H2,1H3. The van der Waals surface area contributed by atoms with Gasteiger partial charge in [-0.3, -0.25) is 0 Å². The molecule has 2 fully saturated rings. The van der Waals surface area contributed by atoms with Crippen molar-refractivity contribution in [3.63, 3.8) is 0 Å². The molecular formula is C11H22N2O2S. The first-order valence-electron chi connectivity index (χ1n) is 6.26. The molecule has 2 N–H and O–H groups in total. The van der Waals surface area contributed by atoms with E-state index in [1.807, 2.05) is 6.92 Å². The summed E-state index contributed by atoms with van der Waals surface area (Å²) in [5, 5.41) is -0.136. The van der Waals surface area contributed by atoms with Gasteiger partial charge in [0.25, 0.3) is 0 Å². The number of sulfonamides is 1. The molecule has 0 aromatic heterocycles. The van der Waals surface area contributed by atoms with Gasteiger partial charge in [-0.05, 0) is 19.3 Å². The van der Waals surface area contributed by atoms with Crippen LogP contribution in [0.5, 0.6) is 0 Å². The van der Waals surface area contributed by atoms with Crippen LogP contribution >= 0.6 is 0 Å². The third-order valence-electron chi connectivity index (χ3n) is 4.02. The molecule has 0 spiro atoms. The fraction of sp³-hybridized carbons (Fsp3) is 1.00. The lowest BCUT2D eigenvalue weighted by molar-refractivity contribution is 0.151. The van der Waals surface area contributed by atoms with Crippen LogP contribution < -0.4 is 5.73 Å². The van der Waals surface area contributed by atoms with Crippen LogP contribution in [0.15, 0.2) is 0 Å². The van der Waals surface area contributed by atoms with Crippen LogP contribution in [-0.4, -0.2) is 36.6 Å². The number of nitrogens with two attached hydrogens (primary N) is 1. The Morgan fingerprint density at radius 1 is 1.25 bits per heavy atom. The first-order valence-corrected chi connectivity index (χ1v) is 7.76. The predicted octanol–water partition coefficient (Wildman–Crippen LogP) is 1.07. The SMILES string of the molecule is CCC1(N)CN(S(=O)(=O)C2CCCCC2)C1. The van der Waals surface area contributed by atoms with Crippen molar-refractivity contribution in [3.05, 3.63) is 0 Å². The average Bonchev–Trinajstić information content (AvgIpc) is 2.26. The monoisotopic (exact) mass is 246 g/mol. The molecule has 2 aliphatic rings. The van der Waals surface area contributed by atoms with E-state index in [1.54, 1.807) is 4.31 Å². The second-order valence-corrected chi connectivity index (χ2v) is 7.50. The molecule has 0 atom stereocenters. The Kier molecular flexibility index (Phi) is 3.29. The first kappa shape index (κ1) is 12.3. The largest absolute Gasteiger partial charge is 0.323 e. The molecule has 1 saturated heterocycles. The second-order valence-electron chi connectivity index (χ2n) is 5.29. The van der Waals surface area contributed by atoms with Crippen LogP contribution in [0.25, 0.3) is 0 Å². The maximum Gasteiger partial charge on any atom is 0.217 e. The van der Waals surface area contributed by atoms with Crippen LogP contribution in [-0.2, 0) is 10.0 Å². The summed E-state index contributed by atoms with van der Waals surface area (Å²) < 4.78 is 26.1. The van der Waals surface area contributed by atoms with Crippen molar-refractivity contribution in [2.75, 3.05) is 13.1 Å². The lowest BCUT2D eigenvalue weighted by Crippen LogP contribution is -2.69. The van der Waals surface area contributed by atoms with E-state index in [-0.39, 0.29) is 10.8 Å². The summed E-state index contributed by atoms with van der Waals surface area (Å²) in [6.45, 7) is 3.05. The predicted molar refractivity (Wildman–Crippen MR) is 64.6 cm³/mol. The zero-order chi connectivity index (χ0) is 11.8. The van der Waals surface area contributed by atoms with Gasteiger partial charge in [-0.15, -0.1) is 0 Å². The average molecular weight is 246 g/mol. The van der Waals surface area contributed by atoms with E-state index in [0.29, 0.717) is 13.1 Å². The molecule has 2 rings (SSSR count). The Labute approximate surface area is 98.2 Å². The van der Waals surface area contributed by atoms with Crippen LogP contribution in [0.3, 0.4) is 0 Å². The maximum atomic E-state index is 12.2. The van der Waals surface area contributed by atoms with Crippen molar-refractivity contribution in [3.8, 4) is 0 Å². The summed E-state index contributed by atoms with van der Waals surface area (Å²) in [6.07, 6.45) is 5.81. The first-order chi connectivity index (χ1) is 7.48. The van der Waals surface area contributed by atoms with E-state index in [4.69, 9.17) is 5.73 Å². The van der Waals surface area contributed by atoms with E-state index in [0.717, 1.165) is 32.1 Å². The second kappa shape index (κ2) is 4.27. The molecule has 5 heteroatoms. The smallest absolute Gasteiger partial charge is 0.217 e. The van der Waals surface area contributed by atoms with Gasteiger partial charge in [-0.2, -0.15) is 4.31 Å². The summed E-state index contributed by atoms with van der Waals surface area (Å²) >= 11 is 0. The van der Waals surface area contributed by atoms with Crippen LogP contribution in [0.2, 0.25) is 0 Å². The molecule has 94 valence electrons. The van der Waals surface area contributed by atoms with Crippen molar-refractivity contribution in [2.24, 2.45) is 5.73 Å². The highest BCUT2D eigenvalue weighted by molar-refractivity contribution is 7.89. The highest BCUT2D eigenvalue weighted by atomic mass is 32.2. The minimum Gasteiger partial charge on any atom is -0.323 e. The number of hydrogen-bond donors (Lipinski definition) is 1. The molecule has 4 nitrogen and oxygen atoms in total. The lowest BCUT2D eigenvalue weighted by Gasteiger charge is -2.47. The van der Waals surface area contributed by atoms with E-state index >= 15 is 0 Å². The molecule has 16 heavy (non-hydrogen) atoms. The molecule has 0 bridgehead atoms. The zero-order valence-corrected chi connectivity index (χ0v) is 10.8.